The van der Waals surface area contributed by atoms with Crippen LogP contribution in [-0.4, -0.2) is 33.2 Å². The van der Waals surface area contributed by atoms with Crippen LogP contribution >= 0.6 is 0 Å². The van der Waals surface area contributed by atoms with Crippen molar-refractivity contribution in [3.63, 3.8) is 0 Å². The maximum Gasteiger partial charge on any atom is 0.410 e. The average molecular weight is 342 g/mol. The second-order valence-corrected chi connectivity index (χ2v) is 6.25. The van der Waals surface area contributed by atoms with Gasteiger partial charge >= 0.3 is 12.1 Å². The molecule has 0 radical (unpaired) electrons. The zero-order valence-electron chi connectivity index (χ0n) is 14.2. The number of ether oxygens (including phenoxy) is 1. The normalized spacial score (nSPS) is 17.3. The molecule has 25 heavy (non-hydrogen) atoms. The van der Waals surface area contributed by atoms with Crippen molar-refractivity contribution in [1.29, 1.82) is 0 Å². The van der Waals surface area contributed by atoms with E-state index in [1.54, 1.807) is 28.6 Å². The van der Waals surface area contributed by atoms with Crippen LogP contribution in [0.3, 0.4) is 0 Å². The lowest BCUT2D eigenvalue weighted by molar-refractivity contribution is 0.0656. The number of likely N-dealkylation sites (tertiary alicyclic amines) is 1. The van der Waals surface area contributed by atoms with Crippen LogP contribution < -0.4 is 0 Å². The molecule has 0 bridgehead atoms. The molecule has 1 atom stereocenters. The van der Waals surface area contributed by atoms with E-state index in [1.165, 1.54) is 0 Å². The molecule has 2 aromatic rings. The first-order valence-corrected chi connectivity index (χ1v) is 8.44. The van der Waals surface area contributed by atoms with Crippen LogP contribution in [0.4, 0.5) is 4.79 Å². The topological polar surface area (TPSA) is 71.8 Å². The van der Waals surface area contributed by atoms with Gasteiger partial charge in [-0.15, -0.1) is 0 Å². The van der Waals surface area contributed by atoms with Crippen molar-refractivity contribution in [2.75, 3.05) is 6.54 Å². The van der Waals surface area contributed by atoms with Gasteiger partial charge in [0, 0.05) is 19.3 Å². The number of nitrogens with zero attached hydrogens (tertiary/aromatic N) is 2. The molecule has 1 saturated heterocycles. The summed E-state index contributed by atoms with van der Waals surface area (Å²) in [6, 6.07) is 12.8. The van der Waals surface area contributed by atoms with E-state index in [1.807, 2.05) is 30.3 Å². The van der Waals surface area contributed by atoms with Crippen molar-refractivity contribution in [3.05, 3.63) is 59.4 Å². The Morgan fingerprint density at radius 1 is 1.16 bits per heavy atom. The van der Waals surface area contributed by atoms with E-state index < -0.39 is 5.97 Å². The van der Waals surface area contributed by atoms with E-state index in [2.05, 4.69) is 0 Å². The van der Waals surface area contributed by atoms with Crippen LogP contribution in [0.25, 0.3) is 0 Å². The third-order valence-corrected chi connectivity index (χ3v) is 4.66. The highest BCUT2D eigenvalue weighted by Gasteiger charge is 2.31. The molecule has 0 aliphatic carbocycles. The molecule has 0 spiro atoms. The molecule has 1 aromatic carbocycles. The summed E-state index contributed by atoms with van der Waals surface area (Å²) in [7, 11) is 1.72. The Labute approximate surface area is 146 Å². The smallest absolute Gasteiger partial charge is 0.410 e. The lowest BCUT2D eigenvalue weighted by atomic mass is 10.00. The van der Waals surface area contributed by atoms with Crippen molar-refractivity contribution >= 4 is 12.1 Å². The SMILES string of the molecule is Cn1c(C(=O)O)ccc1C1CCCCN1C(=O)OCc1ccccc1. The van der Waals surface area contributed by atoms with Crippen LogP contribution in [0.1, 0.15) is 47.1 Å². The summed E-state index contributed by atoms with van der Waals surface area (Å²) in [5.41, 5.74) is 1.99. The second kappa shape index (κ2) is 7.42. The minimum absolute atomic E-state index is 0.157. The molecule has 2 heterocycles. The Morgan fingerprint density at radius 3 is 2.60 bits per heavy atom. The zero-order valence-corrected chi connectivity index (χ0v) is 14.2. The predicted octanol–water partition coefficient (Wildman–Crippen LogP) is 3.59. The zero-order chi connectivity index (χ0) is 17.8. The van der Waals surface area contributed by atoms with Crippen molar-refractivity contribution in [2.24, 2.45) is 7.05 Å². The van der Waals surface area contributed by atoms with E-state index in [-0.39, 0.29) is 24.4 Å². The summed E-state index contributed by atoms with van der Waals surface area (Å²) in [6.45, 7) is 0.849. The number of carboxylic acid groups (broad SMARTS) is 1. The highest BCUT2D eigenvalue weighted by atomic mass is 16.6. The van der Waals surface area contributed by atoms with Crippen molar-refractivity contribution in [3.8, 4) is 0 Å². The number of carbonyl (C=O) groups is 2. The Kier molecular flexibility index (Phi) is 5.07. The van der Waals surface area contributed by atoms with Gasteiger partial charge in [-0.2, -0.15) is 0 Å². The second-order valence-electron chi connectivity index (χ2n) is 6.25. The van der Waals surface area contributed by atoms with E-state index in [0.29, 0.717) is 6.54 Å². The number of aromatic carboxylic acids is 1. The molecule has 1 aromatic heterocycles. The number of benzene rings is 1. The first kappa shape index (κ1) is 17.1. The Hall–Kier alpha value is -2.76. The Balaban J connectivity index is 1.74. The van der Waals surface area contributed by atoms with Crippen LogP contribution in [0.2, 0.25) is 0 Å². The first-order valence-electron chi connectivity index (χ1n) is 8.44. The van der Waals surface area contributed by atoms with Crippen molar-refractivity contribution < 1.29 is 19.4 Å². The fourth-order valence-electron chi connectivity index (χ4n) is 3.34. The number of hydrogen-bond acceptors (Lipinski definition) is 3. The number of rotatable bonds is 4. The third-order valence-electron chi connectivity index (χ3n) is 4.66. The quantitative estimate of drug-likeness (QED) is 0.922. The van der Waals surface area contributed by atoms with Gasteiger partial charge in [0.1, 0.15) is 12.3 Å². The van der Waals surface area contributed by atoms with Gasteiger partial charge in [-0.05, 0) is 37.0 Å². The van der Waals surface area contributed by atoms with Gasteiger partial charge in [-0.25, -0.2) is 9.59 Å². The molecule has 1 amide bonds. The standard InChI is InChI=1S/C19H22N2O4/c1-20-15(10-11-17(20)18(22)23)16-9-5-6-12-21(16)19(24)25-13-14-7-3-2-4-8-14/h2-4,7-8,10-11,16H,5-6,9,12-13H2,1H3,(H,22,23). The number of hydrogen-bond donors (Lipinski definition) is 1. The summed E-state index contributed by atoms with van der Waals surface area (Å²) in [4.78, 5) is 25.6. The first-order chi connectivity index (χ1) is 12.1. The van der Waals surface area contributed by atoms with Crippen molar-refractivity contribution in [1.82, 2.24) is 9.47 Å². The highest BCUT2D eigenvalue weighted by Crippen LogP contribution is 2.32. The maximum atomic E-state index is 12.6. The molecule has 1 N–H and O–H groups in total. The fraction of sp³-hybridized carbons (Fsp3) is 0.368. The van der Waals surface area contributed by atoms with E-state index in [4.69, 9.17) is 4.74 Å². The van der Waals surface area contributed by atoms with Crippen LogP contribution in [0.15, 0.2) is 42.5 Å². The molecular weight excluding hydrogens is 320 g/mol. The lowest BCUT2D eigenvalue weighted by Gasteiger charge is -2.35. The molecule has 0 saturated carbocycles. The summed E-state index contributed by atoms with van der Waals surface area (Å²) in [5, 5.41) is 9.24. The van der Waals surface area contributed by atoms with Gasteiger partial charge in [-0.1, -0.05) is 30.3 Å². The van der Waals surface area contributed by atoms with Gasteiger partial charge in [0.15, 0.2) is 0 Å². The largest absolute Gasteiger partial charge is 0.477 e. The van der Waals surface area contributed by atoms with Gasteiger partial charge in [0.05, 0.1) is 6.04 Å². The Morgan fingerprint density at radius 2 is 1.92 bits per heavy atom. The van der Waals surface area contributed by atoms with Gasteiger partial charge in [0.2, 0.25) is 0 Å². The molecule has 132 valence electrons. The minimum Gasteiger partial charge on any atom is -0.477 e. The summed E-state index contributed by atoms with van der Waals surface area (Å²) in [6.07, 6.45) is 2.37. The molecular formula is C19H22N2O4. The van der Waals surface area contributed by atoms with Gasteiger partial charge < -0.3 is 14.4 Å². The average Bonchev–Trinajstić information content (AvgIpc) is 3.02. The molecule has 1 fully saturated rings. The number of piperidine rings is 1. The highest BCUT2D eigenvalue weighted by molar-refractivity contribution is 5.86. The van der Waals surface area contributed by atoms with E-state index in [9.17, 15) is 14.7 Å². The van der Waals surface area contributed by atoms with Gasteiger partial charge in [0.25, 0.3) is 0 Å². The van der Waals surface area contributed by atoms with Crippen molar-refractivity contribution in [2.45, 2.75) is 31.9 Å². The Bertz CT molecular complexity index is 754. The molecule has 3 rings (SSSR count). The number of aromatic nitrogens is 1. The molecule has 1 aliphatic heterocycles. The van der Waals surface area contributed by atoms with Crippen LogP contribution in [0.5, 0.6) is 0 Å². The van der Waals surface area contributed by atoms with Crippen LogP contribution in [0, 0.1) is 0 Å². The summed E-state index contributed by atoms with van der Waals surface area (Å²) < 4.78 is 7.12. The number of carbonyl (C=O) groups excluding carboxylic acids is 1. The molecule has 1 unspecified atom stereocenters. The number of amides is 1. The summed E-state index contributed by atoms with van der Waals surface area (Å²) in [5.74, 6) is -0.970. The lowest BCUT2D eigenvalue weighted by Crippen LogP contribution is -2.39. The fourth-order valence-corrected chi connectivity index (χ4v) is 3.34. The van der Waals surface area contributed by atoms with Gasteiger partial charge in [-0.3, -0.25) is 4.90 Å². The maximum absolute atomic E-state index is 12.6. The van der Waals surface area contributed by atoms with E-state index >= 15 is 0 Å². The minimum atomic E-state index is -0.970. The molecule has 1 aliphatic rings. The van der Waals surface area contributed by atoms with E-state index in [0.717, 1.165) is 30.5 Å². The molecule has 6 nitrogen and oxygen atoms in total. The third kappa shape index (κ3) is 3.68. The monoisotopic (exact) mass is 342 g/mol. The molecule has 6 heteroatoms. The summed E-state index contributed by atoms with van der Waals surface area (Å²) >= 11 is 0. The number of carboxylic acids is 1. The van der Waals surface area contributed by atoms with Crippen LogP contribution in [-0.2, 0) is 18.4 Å². The predicted molar refractivity (Wildman–Crippen MR) is 92.3 cm³/mol.